The maximum Gasteiger partial charge on any atom is 0.235 e. The van der Waals surface area contributed by atoms with Gasteiger partial charge in [-0.05, 0) is 42.7 Å². The van der Waals surface area contributed by atoms with E-state index in [-0.39, 0.29) is 18.3 Å². The van der Waals surface area contributed by atoms with Crippen LogP contribution in [-0.2, 0) is 10.2 Å². The summed E-state index contributed by atoms with van der Waals surface area (Å²) < 4.78 is 0. The van der Waals surface area contributed by atoms with Gasteiger partial charge < -0.3 is 10.2 Å². The molecule has 2 aromatic carbocycles. The molecule has 1 fully saturated rings. The molecule has 30 heavy (non-hydrogen) atoms. The molecule has 0 aliphatic carbocycles. The Balaban J connectivity index is 0.00000256. The summed E-state index contributed by atoms with van der Waals surface area (Å²) in [5.41, 5.74) is 2.86. The molecule has 1 amide bonds. The van der Waals surface area contributed by atoms with E-state index < -0.39 is 5.41 Å². The van der Waals surface area contributed by atoms with Crippen molar-refractivity contribution in [3.05, 3.63) is 71.3 Å². The van der Waals surface area contributed by atoms with Gasteiger partial charge >= 0.3 is 0 Å². The fraction of sp³-hybridized carbons (Fsp3) is 0.375. The van der Waals surface area contributed by atoms with Gasteiger partial charge in [0.25, 0.3) is 0 Å². The molecule has 160 valence electrons. The van der Waals surface area contributed by atoms with Gasteiger partial charge in [0.05, 0.1) is 5.41 Å². The number of hydrogen-bond acceptors (Lipinski definition) is 3. The highest BCUT2D eigenvalue weighted by Gasteiger charge is 2.44. The number of piperazine rings is 1. The van der Waals surface area contributed by atoms with Gasteiger partial charge in [0.15, 0.2) is 0 Å². The minimum absolute atomic E-state index is 0. The van der Waals surface area contributed by atoms with Crippen molar-refractivity contribution in [3.8, 4) is 0 Å². The number of para-hydroxylation sites is 1. The van der Waals surface area contributed by atoms with E-state index in [1.165, 1.54) is 5.69 Å². The number of fused-ring (bicyclic) bond motifs is 1. The highest BCUT2D eigenvalue weighted by Crippen LogP contribution is 2.42. The van der Waals surface area contributed by atoms with E-state index in [1.807, 2.05) is 36.4 Å². The second-order valence-corrected chi connectivity index (χ2v) is 8.31. The van der Waals surface area contributed by atoms with Crippen molar-refractivity contribution in [1.29, 1.82) is 0 Å². The average molecular weight is 446 g/mol. The number of halogens is 2. The highest BCUT2D eigenvalue weighted by atomic mass is 35.5. The van der Waals surface area contributed by atoms with E-state index in [9.17, 15) is 4.79 Å². The van der Waals surface area contributed by atoms with Crippen LogP contribution in [0.5, 0.6) is 0 Å². The van der Waals surface area contributed by atoms with Crippen molar-refractivity contribution in [2.75, 3.05) is 42.9 Å². The summed E-state index contributed by atoms with van der Waals surface area (Å²) in [5, 5.41) is 3.84. The number of anilines is 2. The molecule has 0 radical (unpaired) electrons. The summed E-state index contributed by atoms with van der Waals surface area (Å²) in [5.74, 6) is 0.126. The second kappa shape index (κ2) is 9.86. The predicted octanol–water partition coefficient (Wildman–Crippen LogP) is 5.13. The molecular weight excluding hydrogens is 417 g/mol. The Labute approximate surface area is 190 Å². The molecule has 2 aliphatic rings. The number of amides is 1. The number of hydrogen-bond donors (Lipinski definition) is 1. The SMILES string of the molecule is CCC1(C/C=C\CN2CCN(c3cccc(Cl)c3)CC2)C(=O)Nc2ccccc21.Cl. The van der Waals surface area contributed by atoms with Crippen molar-refractivity contribution in [2.24, 2.45) is 0 Å². The Kier molecular flexibility index (Phi) is 7.45. The molecule has 1 atom stereocenters. The van der Waals surface area contributed by atoms with E-state index in [4.69, 9.17) is 11.6 Å². The molecule has 0 saturated carbocycles. The van der Waals surface area contributed by atoms with Crippen molar-refractivity contribution in [2.45, 2.75) is 25.2 Å². The quantitative estimate of drug-likeness (QED) is 0.625. The van der Waals surface area contributed by atoms with Crippen molar-refractivity contribution in [1.82, 2.24) is 4.90 Å². The maximum absolute atomic E-state index is 12.7. The van der Waals surface area contributed by atoms with Crippen LogP contribution in [0.3, 0.4) is 0 Å². The molecule has 1 saturated heterocycles. The first kappa shape index (κ1) is 22.7. The van der Waals surface area contributed by atoms with Crippen molar-refractivity contribution >= 4 is 41.3 Å². The number of nitrogens with zero attached hydrogens (tertiary/aromatic N) is 2. The fourth-order valence-corrected chi connectivity index (χ4v) is 4.63. The molecule has 2 aromatic rings. The summed E-state index contributed by atoms with van der Waals surface area (Å²) in [6.07, 6.45) is 5.96. The first-order valence-electron chi connectivity index (χ1n) is 10.4. The molecule has 2 aliphatic heterocycles. The van der Waals surface area contributed by atoms with Crippen LogP contribution in [0.15, 0.2) is 60.7 Å². The number of nitrogens with one attached hydrogen (secondary N) is 1. The highest BCUT2D eigenvalue weighted by molar-refractivity contribution is 6.30. The van der Waals surface area contributed by atoms with E-state index in [0.717, 1.165) is 61.8 Å². The van der Waals surface area contributed by atoms with Crippen LogP contribution in [0.4, 0.5) is 11.4 Å². The van der Waals surface area contributed by atoms with Crippen LogP contribution < -0.4 is 10.2 Å². The zero-order valence-corrected chi connectivity index (χ0v) is 18.9. The van der Waals surface area contributed by atoms with Crippen LogP contribution in [-0.4, -0.2) is 43.5 Å². The van der Waals surface area contributed by atoms with Crippen molar-refractivity contribution in [3.63, 3.8) is 0 Å². The molecule has 0 bridgehead atoms. The number of benzene rings is 2. The molecule has 1 unspecified atom stereocenters. The summed E-state index contributed by atoms with van der Waals surface area (Å²) in [7, 11) is 0. The van der Waals surface area contributed by atoms with Gasteiger partial charge in [-0.25, -0.2) is 0 Å². The van der Waals surface area contributed by atoms with Gasteiger partial charge in [0, 0.05) is 49.1 Å². The predicted molar refractivity (Wildman–Crippen MR) is 128 cm³/mol. The molecule has 4 rings (SSSR count). The third kappa shape index (κ3) is 4.51. The van der Waals surface area contributed by atoms with Gasteiger partial charge in [-0.1, -0.05) is 54.9 Å². The lowest BCUT2D eigenvalue weighted by Gasteiger charge is -2.35. The molecular formula is C24H29Cl2N3O. The minimum atomic E-state index is -0.432. The number of rotatable bonds is 6. The molecule has 4 nitrogen and oxygen atoms in total. The topological polar surface area (TPSA) is 35.6 Å². The smallest absolute Gasteiger partial charge is 0.235 e. The van der Waals surface area contributed by atoms with Crippen LogP contribution in [0.25, 0.3) is 0 Å². The second-order valence-electron chi connectivity index (χ2n) is 7.88. The third-order valence-electron chi connectivity index (χ3n) is 6.27. The Morgan fingerprint density at radius 2 is 1.83 bits per heavy atom. The van der Waals surface area contributed by atoms with E-state index in [0.29, 0.717) is 0 Å². The normalized spacial score (nSPS) is 21.4. The van der Waals surface area contributed by atoms with Crippen LogP contribution in [0, 0.1) is 0 Å². The Hall–Kier alpha value is -2.01. The Morgan fingerprint density at radius 3 is 2.57 bits per heavy atom. The molecule has 0 aromatic heterocycles. The summed E-state index contributed by atoms with van der Waals surface area (Å²) in [6.45, 7) is 7.08. The third-order valence-corrected chi connectivity index (χ3v) is 6.51. The monoisotopic (exact) mass is 445 g/mol. The number of carbonyl (C=O) groups excluding carboxylic acids is 1. The Morgan fingerprint density at radius 1 is 1.07 bits per heavy atom. The van der Waals surface area contributed by atoms with Crippen LogP contribution >= 0.6 is 24.0 Å². The molecule has 6 heteroatoms. The minimum Gasteiger partial charge on any atom is -0.369 e. The van der Waals surface area contributed by atoms with Crippen LogP contribution in [0.1, 0.15) is 25.3 Å². The zero-order valence-electron chi connectivity index (χ0n) is 17.3. The fourth-order valence-electron chi connectivity index (χ4n) is 4.44. The summed E-state index contributed by atoms with van der Waals surface area (Å²) >= 11 is 6.12. The van der Waals surface area contributed by atoms with Gasteiger partial charge in [0.2, 0.25) is 5.91 Å². The molecule has 0 spiro atoms. The Bertz CT molecular complexity index is 909. The van der Waals surface area contributed by atoms with Gasteiger partial charge in [-0.2, -0.15) is 0 Å². The summed E-state index contributed by atoms with van der Waals surface area (Å²) in [6, 6.07) is 16.2. The number of carbonyl (C=O) groups is 1. The summed E-state index contributed by atoms with van der Waals surface area (Å²) in [4.78, 5) is 17.5. The van der Waals surface area contributed by atoms with Gasteiger partial charge in [0.1, 0.15) is 0 Å². The van der Waals surface area contributed by atoms with Gasteiger partial charge in [-0.15, -0.1) is 12.4 Å². The average Bonchev–Trinajstić information content (AvgIpc) is 3.03. The molecule has 1 N–H and O–H groups in total. The van der Waals surface area contributed by atoms with E-state index in [1.54, 1.807) is 0 Å². The van der Waals surface area contributed by atoms with Crippen molar-refractivity contribution < 1.29 is 4.79 Å². The molecule has 2 heterocycles. The lowest BCUT2D eigenvalue weighted by atomic mass is 9.76. The van der Waals surface area contributed by atoms with E-state index >= 15 is 0 Å². The largest absolute Gasteiger partial charge is 0.369 e. The zero-order chi connectivity index (χ0) is 20.3. The lowest BCUT2D eigenvalue weighted by molar-refractivity contribution is -0.120. The maximum atomic E-state index is 12.7. The van der Waals surface area contributed by atoms with Crippen LogP contribution in [0.2, 0.25) is 5.02 Å². The first-order valence-corrected chi connectivity index (χ1v) is 10.8. The standard InChI is InChI=1S/C24H28ClN3O.ClH/c1-2-24(21-10-3-4-11-22(21)26-23(24)29)12-5-6-13-27-14-16-28(17-15-27)20-9-7-8-19(25)18-20;/h3-11,18H,2,12-17H2,1H3,(H,26,29);1H/b6-5-;. The van der Waals surface area contributed by atoms with E-state index in [2.05, 4.69) is 46.3 Å². The van der Waals surface area contributed by atoms with Gasteiger partial charge in [-0.3, -0.25) is 9.69 Å². The lowest BCUT2D eigenvalue weighted by Crippen LogP contribution is -2.46. The first-order chi connectivity index (χ1) is 14.1. The number of allylic oxidation sites excluding steroid dienone is 1.